The van der Waals surface area contributed by atoms with Gasteiger partial charge in [-0.3, -0.25) is 4.79 Å². The SMILES string of the molecule is CCCCCCCC(=O)N1CCCC(c2nc(-c3ccc(Br)cc3)no2)C1. The van der Waals surface area contributed by atoms with Gasteiger partial charge in [-0.2, -0.15) is 4.98 Å². The fraction of sp³-hybridized carbons (Fsp3) is 0.571. The summed E-state index contributed by atoms with van der Waals surface area (Å²) < 4.78 is 6.55. The van der Waals surface area contributed by atoms with Crippen LogP contribution in [0.4, 0.5) is 0 Å². The Morgan fingerprint density at radius 1 is 1.22 bits per heavy atom. The Morgan fingerprint density at radius 2 is 2.00 bits per heavy atom. The first-order chi connectivity index (χ1) is 13.2. The predicted molar refractivity (Wildman–Crippen MR) is 109 cm³/mol. The van der Waals surface area contributed by atoms with Crippen molar-refractivity contribution in [1.29, 1.82) is 0 Å². The molecule has 2 aromatic rings. The molecule has 1 atom stereocenters. The molecule has 2 heterocycles. The molecular weight excluding hydrogens is 406 g/mol. The van der Waals surface area contributed by atoms with Crippen LogP contribution < -0.4 is 0 Å². The molecule has 1 fully saturated rings. The normalized spacial score (nSPS) is 17.3. The summed E-state index contributed by atoms with van der Waals surface area (Å²) >= 11 is 3.43. The van der Waals surface area contributed by atoms with E-state index in [1.54, 1.807) is 0 Å². The van der Waals surface area contributed by atoms with Crippen molar-refractivity contribution in [2.24, 2.45) is 0 Å². The Morgan fingerprint density at radius 3 is 2.78 bits per heavy atom. The van der Waals surface area contributed by atoms with Crippen molar-refractivity contribution in [1.82, 2.24) is 15.0 Å². The molecule has 0 N–H and O–H groups in total. The summed E-state index contributed by atoms with van der Waals surface area (Å²) in [7, 11) is 0. The van der Waals surface area contributed by atoms with E-state index in [0.29, 0.717) is 24.7 Å². The van der Waals surface area contributed by atoms with E-state index in [9.17, 15) is 4.79 Å². The number of benzene rings is 1. The monoisotopic (exact) mass is 433 g/mol. The first-order valence-electron chi connectivity index (χ1n) is 10.0. The molecule has 1 unspecified atom stereocenters. The summed E-state index contributed by atoms with van der Waals surface area (Å²) in [6.45, 7) is 3.74. The minimum absolute atomic E-state index is 0.138. The van der Waals surface area contributed by atoms with E-state index in [-0.39, 0.29) is 11.8 Å². The zero-order chi connectivity index (χ0) is 19.1. The fourth-order valence-electron chi connectivity index (χ4n) is 3.56. The van der Waals surface area contributed by atoms with Gasteiger partial charge in [-0.05, 0) is 43.5 Å². The van der Waals surface area contributed by atoms with Gasteiger partial charge in [0.1, 0.15) is 0 Å². The number of likely N-dealkylation sites (tertiary alicyclic amines) is 1. The molecule has 0 bridgehead atoms. The molecule has 1 aromatic carbocycles. The number of amides is 1. The molecule has 3 rings (SSSR count). The van der Waals surface area contributed by atoms with Gasteiger partial charge in [0.15, 0.2) is 0 Å². The minimum atomic E-state index is 0.138. The number of hydrogen-bond acceptors (Lipinski definition) is 4. The number of rotatable bonds is 8. The lowest BCUT2D eigenvalue weighted by Gasteiger charge is -2.31. The van der Waals surface area contributed by atoms with Gasteiger partial charge in [-0.25, -0.2) is 0 Å². The molecule has 1 aliphatic rings. The highest BCUT2D eigenvalue weighted by molar-refractivity contribution is 9.10. The second-order valence-electron chi connectivity index (χ2n) is 7.31. The number of carbonyl (C=O) groups excluding carboxylic acids is 1. The lowest BCUT2D eigenvalue weighted by Crippen LogP contribution is -2.39. The Labute approximate surface area is 169 Å². The molecule has 1 amide bonds. The second kappa shape index (κ2) is 10.0. The van der Waals surface area contributed by atoms with Crippen molar-refractivity contribution in [2.45, 2.75) is 64.2 Å². The fourth-order valence-corrected chi connectivity index (χ4v) is 3.82. The van der Waals surface area contributed by atoms with Crippen LogP contribution in [0.5, 0.6) is 0 Å². The summed E-state index contributed by atoms with van der Waals surface area (Å²) in [6, 6.07) is 7.86. The zero-order valence-electron chi connectivity index (χ0n) is 16.0. The maximum atomic E-state index is 12.5. The lowest BCUT2D eigenvalue weighted by atomic mass is 9.97. The van der Waals surface area contributed by atoms with Crippen molar-refractivity contribution in [3.63, 3.8) is 0 Å². The van der Waals surface area contributed by atoms with Crippen LogP contribution in [0.1, 0.15) is 70.1 Å². The van der Waals surface area contributed by atoms with Crippen LogP contribution in [0.2, 0.25) is 0 Å². The van der Waals surface area contributed by atoms with E-state index in [4.69, 9.17) is 4.52 Å². The van der Waals surface area contributed by atoms with Gasteiger partial charge in [0, 0.05) is 29.5 Å². The smallest absolute Gasteiger partial charge is 0.231 e. The highest BCUT2D eigenvalue weighted by atomic mass is 79.9. The average molecular weight is 434 g/mol. The Bertz CT molecular complexity index is 729. The Balaban J connectivity index is 1.55. The molecule has 0 spiro atoms. The number of carbonyl (C=O) groups is 1. The molecule has 27 heavy (non-hydrogen) atoms. The van der Waals surface area contributed by atoms with E-state index >= 15 is 0 Å². The molecule has 0 radical (unpaired) electrons. The molecule has 1 aromatic heterocycles. The minimum Gasteiger partial charge on any atom is -0.342 e. The van der Waals surface area contributed by atoms with Crippen molar-refractivity contribution < 1.29 is 9.32 Å². The molecule has 1 aliphatic heterocycles. The lowest BCUT2D eigenvalue weighted by molar-refractivity contribution is -0.132. The number of nitrogens with zero attached hydrogens (tertiary/aromatic N) is 3. The molecule has 146 valence electrons. The van der Waals surface area contributed by atoms with Gasteiger partial charge in [0.2, 0.25) is 17.6 Å². The van der Waals surface area contributed by atoms with Crippen LogP contribution in [-0.2, 0) is 4.79 Å². The summed E-state index contributed by atoms with van der Waals surface area (Å²) in [5, 5.41) is 4.13. The Kier molecular flexibility index (Phi) is 7.44. The van der Waals surface area contributed by atoms with Gasteiger partial charge >= 0.3 is 0 Å². The summed E-state index contributed by atoms with van der Waals surface area (Å²) in [5.74, 6) is 1.66. The summed E-state index contributed by atoms with van der Waals surface area (Å²) in [6.07, 6.45) is 8.50. The van der Waals surface area contributed by atoms with Gasteiger partial charge in [0.05, 0.1) is 5.92 Å². The average Bonchev–Trinajstić information content (AvgIpc) is 3.18. The van der Waals surface area contributed by atoms with Crippen LogP contribution >= 0.6 is 15.9 Å². The predicted octanol–water partition coefficient (Wildman–Crippen LogP) is 5.57. The first-order valence-corrected chi connectivity index (χ1v) is 10.8. The standard InChI is InChI=1S/C21H28BrN3O2/c1-2-3-4-5-6-9-19(26)25-14-7-8-17(15-25)21-23-20(24-27-21)16-10-12-18(22)13-11-16/h10-13,17H,2-9,14-15H2,1H3. The molecule has 5 nitrogen and oxygen atoms in total. The van der Waals surface area contributed by atoms with E-state index < -0.39 is 0 Å². The van der Waals surface area contributed by atoms with E-state index in [1.165, 1.54) is 19.3 Å². The van der Waals surface area contributed by atoms with Crippen molar-refractivity contribution in [3.05, 3.63) is 34.6 Å². The highest BCUT2D eigenvalue weighted by Crippen LogP contribution is 2.28. The number of piperidine rings is 1. The first kappa shape index (κ1) is 20.1. The second-order valence-corrected chi connectivity index (χ2v) is 8.22. The third-order valence-electron chi connectivity index (χ3n) is 5.16. The van der Waals surface area contributed by atoms with Crippen LogP contribution in [-0.4, -0.2) is 34.0 Å². The maximum absolute atomic E-state index is 12.5. The van der Waals surface area contributed by atoms with Crippen LogP contribution in [0.3, 0.4) is 0 Å². The molecule has 0 saturated carbocycles. The molecule has 6 heteroatoms. The molecule has 0 aliphatic carbocycles. The molecular formula is C21H28BrN3O2. The third kappa shape index (κ3) is 5.64. The summed E-state index contributed by atoms with van der Waals surface area (Å²) in [4.78, 5) is 19.1. The molecule has 1 saturated heterocycles. The number of unbranched alkanes of at least 4 members (excludes halogenated alkanes) is 4. The van der Waals surface area contributed by atoms with Crippen molar-refractivity contribution in [2.75, 3.05) is 13.1 Å². The topological polar surface area (TPSA) is 59.2 Å². The quantitative estimate of drug-likeness (QED) is 0.510. The third-order valence-corrected chi connectivity index (χ3v) is 5.69. The van der Waals surface area contributed by atoms with Crippen LogP contribution in [0, 0.1) is 0 Å². The number of halogens is 1. The van der Waals surface area contributed by atoms with E-state index in [1.807, 2.05) is 29.2 Å². The van der Waals surface area contributed by atoms with Crippen molar-refractivity contribution >= 4 is 21.8 Å². The van der Waals surface area contributed by atoms with Crippen molar-refractivity contribution in [3.8, 4) is 11.4 Å². The number of hydrogen-bond donors (Lipinski definition) is 0. The van der Waals surface area contributed by atoms with Gasteiger partial charge in [-0.15, -0.1) is 0 Å². The zero-order valence-corrected chi connectivity index (χ0v) is 17.6. The summed E-state index contributed by atoms with van der Waals surface area (Å²) in [5.41, 5.74) is 0.934. The van der Waals surface area contributed by atoms with Gasteiger partial charge < -0.3 is 9.42 Å². The van der Waals surface area contributed by atoms with Gasteiger partial charge in [-0.1, -0.05) is 53.7 Å². The maximum Gasteiger partial charge on any atom is 0.231 e. The van der Waals surface area contributed by atoms with Crippen LogP contribution in [0.25, 0.3) is 11.4 Å². The van der Waals surface area contributed by atoms with E-state index in [0.717, 1.165) is 42.3 Å². The van der Waals surface area contributed by atoms with Gasteiger partial charge in [0.25, 0.3) is 0 Å². The van der Waals surface area contributed by atoms with E-state index in [2.05, 4.69) is 33.0 Å². The Hall–Kier alpha value is -1.69. The largest absolute Gasteiger partial charge is 0.342 e. The number of aromatic nitrogens is 2. The highest BCUT2D eigenvalue weighted by Gasteiger charge is 2.28. The van der Waals surface area contributed by atoms with Crippen LogP contribution in [0.15, 0.2) is 33.3 Å².